The second-order valence-corrected chi connectivity index (χ2v) is 3.07. The van der Waals surface area contributed by atoms with Crippen LogP contribution in [0.3, 0.4) is 0 Å². The Bertz CT molecular complexity index is 186. The van der Waals surface area contributed by atoms with Gasteiger partial charge in [0.2, 0.25) is 0 Å². The van der Waals surface area contributed by atoms with Gasteiger partial charge in [-0.15, -0.1) is 0 Å². The number of aliphatic hydroxyl groups is 1. The fourth-order valence-electron chi connectivity index (χ4n) is 1.49. The third-order valence-corrected chi connectivity index (χ3v) is 2.08. The number of nitrogens with zero attached hydrogens (tertiary/aromatic N) is 1. The number of carbonyl (C=O) groups is 1. The molecular weight excluding hydrogens is 161 g/mol. The van der Waals surface area contributed by atoms with Crippen molar-refractivity contribution >= 4 is 13.0 Å². The average Bonchev–Trinajstić information content (AvgIpc) is 2.31. The zero-order chi connectivity index (χ0) is 9.30. The first-order valence-corrected chi connectivity index (χ1v) is 3.87. The molecule has 0 saturated carbocycles. The maximum atomic E-state index is 10.6. The molecule has 2 atom stereocenters. The van der Waals surface area contributed by atoms with Gasteiger partial charge in [-0.25, -0.2) is 0 Å². The molecule has 0 aliphatic carbocycles. The van der Waals surface area contributed by atoms with E-state index >= 15 is 0 Å². The van der Waals surface area contributed by atoms with E-state index in [1.54, 1.807) is 0 Å². The third-order valence-electron chi connectivity index (χ3n) is 2.08. The van der Waals surface area contributed by atoms with E-state index in [1.165, 1.54) is 11.6 Å². The van der Waals surface area contributed by atoms with Crippen LogP contribution in [0.15, 0.2) is 0 Å². The van der Waals surface area contributed by atoms with Gasteiger partial charge in [-0.05, 0) is 13.2 Å². The Kier molecular flexibility index (Phi) is 2.71. The summed E-state index contributed by atoms with van der Waals surface area (Å²) in [5.41, 5.74) is 0. The summed E-state index contributed by atoms with van der Waals surface area (Å²) < 4.78 is 0. The number of β-amino-alcohol motifs (C(OH)–C–C–N with tert-alkyl or cyclic N) is 1. The van der Waals surface area contributed by atoms with E-state index in [0.29, 0.717) is 0 Å². The van der Waals surface area contributed by atoms with E-state index < -0.39 is 25.2 Å². The van der Waals surface area contributed by atoms with Crippen molar-refractivity contribution in [2.24, 2.45) is 0 Å². The lowest BCUT2D eigenvalue weighted by atomic mass is 9.84. The summed E-state index contributed by atoms with van der Waals surface area (Å²) in [7, 11) is -0.816. The molecule has 0 amide bonds. The van der Waals surface area contributed by atoms with Crippen LogP contribution in [0.25, 0.3) is 0 Å². The quantitative estimate of drug-likeness (QED) is 0.448. The van der Waals surface area contributed by atoms with Crippen LogP contribution in [0.2, 0.25) is 6.82 Å². The van der Waals surface area contributed by atoms with Gasteiger partial charge in [0.1, 0.15) is 6.04 Å². The maximum Gasteiger partial charge on any atom is 0.377 e. The molecule has 0 bridgehead atoms. The molecule has 1 heterocycles. The van der Waals surface area contributed by atoms with Crippen LogP contribution in [0, 0.1) is 0 Å². The van der Waals surface area contributed by atoms with Gasteiger partial charge in [-0.3, -0.25) is 4.79 Å². The van der Waals surface area contributed by atoms with Crippen molar-refractivity contribution in [1.29, 1.82) is 0 Å². The van der Waals surface area contributed by atoms with Crippen molar-refractivity contribution in [1.82, 2.24) is 4.81 Å². The minimum absolute atomic E-state index is 0.195. The number of rotatable bonds is 2. The van der Waals surface area contributed by atoms with Gasteiger partial charge < -0.3 is 20.0 Å². The number of carboxylic acid groups (broad SMARTS) is 1. The topological polar surface area (TPSA) is 81.0 Å². The zero-order valence-corrected chi connectivity index (χ0v) is 6.84. The molecule has 0 aromatic rings. The van der Waals surface area contributed by atoms with Crippen molar-refractivity contribution in [3.05, 3.63) is 0 Å². The van der Waals surface area contributed by atoms with Crippen LogP contribution in [-0.2, 0) is 4.79 Å². The minimum Gasteiger partial charge on any atom is -0.480 e. The predicted octanol–water partition coefficient (Wildman–Crippen LogP) is -1.38. The standard InChI is InChI=1S/C6H12BNO4/c1-7(12)8-3-4(9)2-5(8)6(10)11/h4-5,9,12H,2-3H2,1H3,(H,10,11)/t4-,5?/m1/s1. The summed E-state index contributed by atoms with van der Waals surface area (Å²) in [4.78, 5) is 12.0. The first-order chi connectivity index (χ1) is 5.52. The second-order valence-electron chi connectivity index (χ2n) is 3.07. The van der Waals surface area contributed by atoms with Crippen LogP contribution in [0.4, 0.5) is 0 Å². The van der Waals surface area contributed by atoms with E-state index in [2.05, 4.69) is 0 Å². The molecule has 0 aromatic carbocycles. The molecule has 0 aromatic heterocycles. The van der Waals surface area contributed by atoms with Crippen molar-refractivity contribution in [3.8, 4) is 0 Å². The molecular formula is C6H12BNO4. The van der Waals surface area contributed by atoms with Gasteiger partial charge in [-0.2, -0.15) is 0 Å². The zero-order valence-electron chi connectivity index (χ0n) is 6.84. The fourth-order valence-corrected chi connectivity index (χ4v) is 1.49. The molecule has 12 heavy (non-hydrogen) atoms. The third kappa shape index (κ3) is 1.77. The van der Waals surface area contributed by atoms with E-state index in [9.17, 15) is 4.79 Å². The first-order valence-electron chi connectivity index (χ1n) is 3.87. The molecule has 1 aliphatic rings. The monoisotopic (exact) mass is 173 g/mol. The van der Waals surface area contributed by atoms with E-state index in [1.807, 2.05) is 0 Å². The van der Waals surface area contributed by atoms with Gasteiger partial charge in [-0.1, -0.05) is 0 Å². The molecule has 1 saturated heterocycles. The van der Waals surface area contributed by atoms with E-state index in [4.69, 9.17) is 15.2 Å². The highest BCUT2D eigenvalue weighted by Crippen LogP contribution is 2.18. The molecule has 0 radical (unpaired) electrons. The normalized spacial score (nSPS) is 30.6. The van der Waals surface area contributed by atoms with Crippen LogP contribution in [0.5, 0.6) is 0 Å². The summed E-state index contributed by atoms with van der Waals surface area (Å²) in [5, 5.41) is 27.0. The average molecular weight is 173 g/mol. The number of aliphatic hydroxyl groups excluding tert-OH is 1. The van der Waals surface area contributed by atoms with Gasteiger partial charge in [0.25, 0.3) is 0 Å². The van der Waals surface area contributed by atoms with Crippen molar-refractivity contribution in [2.45, 2.75) is 25.4 Å². The van der Waals surface area contributed by atoms with Gasteiger partial charge in [0.15, 0.2) is 0 Å². The number of hydrogen-bond acceptors (Lipinski definition) is 4. The van der Waals surface area contributed by atoms with E-state index in [0.717, 1.165) is 0 Å². The largest absolute Gasteiger partial charge is 0.480 e. The molecule has 6 heteroatoms. The Morgan fingerprint density at radius 2 is 2.25 bits per heavy atom. The number of carboxylic acids is 1. The van der Waals surface area contributed by atoms with Gasteiger partial charge in [0, 0.05) is 6.54 Å². The number of hydrogen-bond donors (Lipinski definition) is 3. The molecule has 3 N–H and O–H groups in total. The summed E-state index contributed by atoms with van der Waals surface area (Å²) in [5.74, 6) is -0.993. The molecule has 68 valence electrons. The van der Waals surface area contributed by atoms with Crippen LogP contribution in [0.1, 0.15) is 6.42 Å². The van der Waals surface area contributed by atoms with Crippen molar-refractivity contribution in [3.63, 3.8) is 0 Å². The van der Waals surface area contributed by atoms with Gasteiger partial charge >= 0.3 is 13.0 Å². The molecule has 5 nitrogen and oxygen atoms in total. The molecule has 1 fully saturated rings. The first kappa shape index (κ1) is 9.50. The molecule has 1 unspecified atom stereocenters. The number of aliphatic carboxylic acids is 1. The Hall–Kier alpha value is -0.585. The Balaban J connectivity index is 2.65. The maximum absolute atomic E-state index is 10.6. The SMILES string of the molecule is CB(O)N1C[C@H](O)CC1C(=O)O. The highest BCUT2D eigenvalue weighted by Gasteiger charge is 2.39. The highest BCUT2D eigenvalue weighted by molar-refractivity contribution is 6.45. The van der Waals surface area contributed by atoms with Crippen LogP contribution >= 0.6 is 0 Å². The Morgan fingerprint density at radius 1 is 1.67 bits per heavy atom. The van der Waals surface area contributed by atoms with Gasteiger partial charge in [0.05, 0.1) is 6.10 Å². The predicted molar refractivity (Wildman–Crippen MR) is 42.6 cm³/mol. The molecule has 1 rings (SSSR count). The summed E-state index contributed by atoms with van der Waals surface area (Å²) in [6.45, 7) is 1.72. The summed E-state index contributed by atoms with van der Waals surface area (Å²) in [6, 6.07) is -0.750. The Labute approximate surface area is 70.7 Å². The van der Waals surface area contributed by atoms with Crippen LogP contribution in [-0.4, -0.2) is 51.8 Å². The summed E-state index contributed by atoms with van der Waals surface area (Å²) >= 11 is 0. The summed E-state index contributed by atoms with van der Waals surface area (Å²) in [6.07, 6.45) is -0.444. The second kappa shape index (κ2) is 3.43. The highest BCUT2D eigenvalue weighted by atomic mass is 16.4. The lowest BCUT2D eigenvalue weighted by Gasteiger charge is -2.20. The van der Waals surface area contributed by atoms with Crippen molar-refractivity contribution < 1.29 is 20.0 Å². The lowest BCUT2D eigenvalue weighted by molar-refractivity contribution is -0.141. The fraction of sp³-hybridized carbons (Fsp3) is 0.833. The lowest BCUT2D eigenvalue weighted by Crippen LogP contribution is -2.44. The molecule has 1 aliphatic heterocycles. The minimum atomic E-state index is -0.993. The van der Waals surface area contributed by atoms with E-state index in [-0.39, 0.29) is 13.0 Å². The molecule has 0 spiro atoms. The van der Waals surface area contributed by atoms with Crippen LogP contribution < -0.4 is 0 Å². The smallest absolute Gasteiger partial charge is 0.377 e. The Morgan fingerprint density at radius 3 is 2.58 bits per heavy atom. The van der Waals surface area contributed by atoms with Crippen molar-refractivity contribution in [2.75, 3.05) is 6.54 Å².